The summed E-state index contributed by atoms with van der Waals surface area (Å²) < 4.78 is 11.0. The van der Waals surface area contributed by atoms with Gasteiger partial charge in [0.1, 0.15) is 5.76 Å². The minimum atomic E-state index is -0.364. The molecule has 0 saturated heterocycles. The van der Waals surface area contributed by atoms with Crippen molar-refractivity contribution >= 4 is 22.8 Å². The van der Waals surface area contributed by atoms with Crippen molar-refractivity contribution in [3.8, 4) is 22.9 Å². The molecule has 146 valence electrons. The van der Waals surface area contributed by atoms with E-state index in [1.807, 2.05) is 61.5 Å². The summed E-state index contributed by atoms with van der Waals surface area (Å²) in [4.78, 5) is 17.8. The molecule has 0 saturated carbocycles. The number of carbonyl (C=O) groups is 1. The lowest BCUT2D eigenvalue weighted by Gasteiger charge is -2.09. The number of hydrogen-bond donors (Lipinski definition) is 1. The predicted octanol–water partition coefficient (Wildman–Crippen LogP) is 5.11. The maximum absolute atomic E-state index is 13.1. The Balaban J connectivity index is 1.51. The molecule has 7 heteroatoms. The van der Waals surface area contributed by atoms with E-state index in [1.165, 1.54) is 0 Å². The van der Waals surface area contributed by atoms with E-state index in [0.717, 1.165) is 22.2 Å². The van der Waals surface area contributed by atoms with E-state index in [4.69, 9.17) is 13.8 Å². The molecule has 30 heavy (non-hydrogen) atoms. The van der Waals surface area contributed by atoms with Gasteiger partial charge in [-0.1, -0.05) is 53.6 Å². The summed E-state index contributed by atoms with van der Waals surface area (Å²) >= 11 is 0. The zero-order chi connectivity index (χ0) is 20.5. The Kier molecular flexibility index (Phi) is 4.33. The number of nitrogens with zero attached hydrogens (tertiary/aromatic N) is 3. The van der Waals surface area contributed by atoms with Gasteiger partial charge < -0.3 is 8.83 Å². The van der Waals surface area contributed by atoms with Gasteiger partial charge in [-0.2, -0.15) is 0 Å². The zero-order valence-electron chi connectivity index (χ0n) is 16.0. The van der Waals surface area contributed by atoms with Crippen LogP contribution in [-0.4, -0.2) is 21.1 Å². The summed E-state index contributed by atoms with van der Waals surface area (Å²) in [6.07, 6.45) is 0. The number of aryl methyl sites for hydroxylation is 1. The molecule has 1 amide bonds. The fraction of sp³-hybridized carbons (Fsp3) is 0.0435. The zero-order valence-corrected chi connectivity index (χ0v) is 16.0. The Labute approximate surface area is 171 Å². The minimum absolute atomic E-state index is 0.00814. The third-order valence-corrected chi connectivity index (χ3v) is 4.63. The first kappa shape index (κ1) is 17.8. The van der Waals surface area contributed by atoms with Crippen molar-refractivity contribution in [2.75, 3.05) is 5.32 Å². The average molecular weight is 396 g/mol. The van der Waals surface area contributed by atoms with Crippen molar-refractivity contribution in [1.29, 1.82) is 0 Å². The Hall–Kier alpha value is -4.26. The first-order chi connectivity index (χ1) is 14.7. The molecule has 0 aliphatic carbocycles. The molecule has 5 aromatic rings. The van der Waals surface area contributed by atoms with Crippen molar-refractivity contribution in [2.24, 2.45) is 0 Å². The third kappa shape index (κ3) is 3.33. The number of fused-ring (bicyclic) bond motifs is 1. The number of benzene rings is 2. The van der Waals surface area contributed by atoms with Gasteiger partial charge in [0.2, 0.25) is 0 Å². The smallest absolute Gasteiger partial charge is 0.322 e. The molecule has 5 rings (SSSR count). The van der Waals surface area contributed by atoms with Gasteiger partial charge in [-0.25, -0.2) is 4.98 Å². The quantitative estimate of drug-likeness (QED) is 0.454. The van der Waals surface area contributed by atoms with Crippen LogP contribution in [-0.2, 0) is 0 Å². The van der Waals surface area contributed by atoms with Crippen molar-refractivity contribution in [1.82, 2.24) is 15.2 Å². The van der Waals surface area contributed by atoms with Crippen molar-refractivity contribution in [2.45, 2.75) is 6.92 Å². The fourth-order valence-corrected chi connectivity index (χ4v) is 3.21. The molecule has 2 aromatic carbocycles. The summed E-state index contributed by atoms with van der Waals surface area (Å²) in [5, 5.41) is 11.3. The van der Waals surface area contributed by atoms with E-state index in [1.54, 1.807) is 18.2 Å². The normalized spacial score (nSPS) is 11.0. The van der Waals surface area contributed by atoms with Crippen LogP contribution in [0, 0.1) is 6.92 Å². The van der Waals surface area contributed by atoms with Crippen molar-refractivity contribution in [3.05, 3.63) is 84.1 Å². The van der Waals surface area contributed by atoms with Crippen LogP contribution < -0.4 is 5.32 Å². The van der Waals surface area contributed by atoms with Gasteiger partial charge in [-0.15, -0.1) is 5.10 Å². The summed E-state index contributed by atoms with van der Waals surface area (Å²) in [6, 6.07) is 22.5. The van der Waals surface area contributed by atoms with Gasteiger partial charge in [0.15, 0.2) is 5.76 Å². The predicted molar refractivity (Wildman–Crippen MR) is 112 cm³/mol. The number of pyridine rings is 1. The van der Waals surface area contributed by atoms with E-state index in [0.29, 0.717) is 17.0 Å². The number of aromatic nitrogens is 3. The summed E-state index contributed by atoms with van der Waals surface area (Å²) in [6.45, 7) is 1.82. The molecule has 0 atom stereocenters. The molecule has 7 nitrogen and oxygen atoms in total. The topological polar surface area (TPSA) is 94.1 Å². The van der Waals surface area contributed by atoms with Gasteiger partial charge in [-0.05, 0) is 31.2 Å². The van der Waals surface area contributed by atoms with Crippen molar-refractivity contribution < 1.29 is 13.6 Å². The highest BCUT2D eigenvalue weighted by Gasteiger charge is 2.18. The standard InChI is InChI=1S/C23H16N4O3/c1-14-11-12-20(29-14)22-26-27-23(30-22)25-21(28)17-13-19(15-7-3-2-4-8-15)24-18-10-6-5-9-16(17)18/h2-13H,1H3,(H,25,27,28). The second-order valence-electron chi connectivity index (χ2n) is 6.72. The molecule has 0 bridgehead atoms. The summed E-state index contributed by atoms with van der Waals surface area (Å²) in [5.74, 6) is 1.01. The van der Waals surface area contributed by atoms with E-state index in [2.05, 4.69) is 15.5 Å². The van der Waals surface area contributed by atoms with Gasteiger partial charge in [0.25, 0.3) is 11.8 Å². The number of anilines is 1. The molecule has 0 aliphatic heterocycles. The van der Waals surface area contributed by atoms with Crippen LogP contribution in [0.3, 0.4) is 0 Å². The fourth-order valence-electron chi connectivity index (χ4n) is 3.21. The van der Waals surface area contributed by atoms with E-state index in [-0.39, 0.29) is 17.8 Å². The second-order valence-corrected chi connectivity index (χ2v) is 6.72. The maximum atomic E-state index is 13.1. The van der Waals surface area contributed by atoms with Crippen molar-refractivity contribution in [3.63, 3.8) is 0 Å². The number of furan rings is 1. The number of para-hydroxylation sites is 1. The van der Waals surface area contributed by atoms with Crippen LogP contribution in [0.5, 0.6) is 0 Å². The first-order valence-corrected chi connectivity index (χ1v) is 9.34. The molecule has 3 aromatic heterocycles. The van der Waals surface area contributed by atoms with Gasteiger partial charge in [0.05, 0.1) is 16.8 Å². The number of rotatable bonds is 4. The number of nitrogens with one attached hydrogen (secondary N) is 1. The third-order valence-electron chi connectivity index (χ3n) is 4.63. The lowest BCUT2D eigenvalue weighted by Crippen LogP contribution is -2.13. The van der Waals surface area contributed by atoms with E-state index in [9.17, 15) is 4.79 Å². The average Bonchev–Trinajstić information content (AvgIpc) is 3.42. The molecule has 0 aliphatic rings. The molecule has 3 heterocycles. The number of carbonyl (C=O) groups excluding carboxylic acids is 1. The second kappa shape index (κ2) is 7.29. The lowest BCUT2D eigenvalue weighted by atomic mass is 10.0. The number of hydrogen-bond acceptors (Lipinski definition) is 6. The highest BCUT2D eigenvalue weighted by molar-refractivity contribution is 6.12. The molecular formula is C23H16N4O3. The molecular weight excluding hydrogens is 380 g/mol. The Morgan fingerprint density at radius 1 is 0.900 bits per heavy atom. The van der Waals surface area contributed by atoms with Crippen LogP contribution in [0.25, 0.3) is 33.8 Å². The van der Waals surface area contributed by atoms with Gasteiger partial charge in [-0.3, -0.25) is 10.1 Å². The molecule has 0 fully saturated rings. The van der Waals surface area contributed by atoms with Gasteiger partial charge >= 0.3 is 6.01 Å². The summed E-state index contributed by atoms with van der Waals surface area (Å²) in [5.41, 5.74) is 2.82. The monoisotopic (exact) mass is 396 g/mol. The Morgan fingerprint density at radius 2 is 1.70 bits per heavy atom. The molecule has 0 unspecified atom stereocenters. The molecule has 1 N–H and O–H groups in total. The largest absolute Gasteiger partial charge is 0.456 e. The Bertz CT molecular complexity index is 1360. The van der Waals surface area contributed by atoms with Crippen LogP contribution in [0.4, 0.5) is 6.01 Å². The first-order valence-electron chi connectivity index (χ1n) is 9.34. The van der Waals surface area contributed by atoms with Crippen LogP contribution in [0.1, 0.15) is 16.1 Å². The van der Waals surface area contributed by atoms with E-state index >= 15 is 0 Å². The highest BCUT2D eigenvalue weighted by atomic mass is 16.4. The SMILES string of the molecule is Cc1ccc(-c2nnc(NC(=O)c3cc(-c4ccccc4)nc4ccccc34)o2)o1. The van der Waals surface area contributed by atoms with Crippen LogP contribution >= 0.6 is 0 Å². The molecule has 0 spiro atoms. The number of amides is 1. The highest BCUT2D eigenvalue weighted by Crippen LogP contribution is 2.26. The van der Waals surface area contributed by atoms with Gasteiger partial charge in [0, 0.05) is 10.9 Å². The summed E-state index contributed by atoms with van der Waals surface area (Å²) in [7, 11) is 0. The lowest BCUT2D eigenvalue weighted by molar-refractivity contribution is 0.102. The van der Waals surface area contributed by atoms with Crippen LogP contribution in [0.2, 0.25) is 0 Å². The van der Waals surface area contributed by atoms with Crippen LogP contribution in [0.15, 0.2) is 81.6 Å². The Morgan fingerprint density at radius 3 is 2.50 bits per heavy atom. The maximum Gasteiger partial charge on any atom is 0.322 e. The minimum Gasteiger partial charge on any atom is -0.456 e. The molecule has 0 radical (unpaired) electrons. The van der Waals surface area contributed by atoms with E-state index < -0.39 is 0 Å².